The van der Waals surface area contributed by atoms with Crippen LogP contribution in [0.15, 0.2) is 48.5 Å². The van der Waals surface area contributed by atoms with E-state index >= 15 is 0 Å². The highest BCUT2D eigenvalue weighted by Gasteiger charge is 1.98. The van der Waals surface area contributed by atoms with E-state index in [-0.39, 0.29) is 5.01 Å². The first-order chi connectivity index (χ1) is 9.28. The van der Waals surface area contributed by atoms with E-state index < -0.39 is 0 Å². The van der Waals surface area contributed by atoms with Crippen LogP contribution in [0.2, 0.25) is 0 Å². The molecular formula is C16H14BrNO. The molecule has 2 nitrogen and oxygen atoms in total. The molecule has 0 radical (unpaired) electrons. The van der Waals surface area contributed by atoms with Crippen molar-refractivity contribution in [3.05, 3.63) is 65.5 Å². The molecule has 1 aromatic heterocycles. The molecule has 0 aliphatic heterocycles. The van der Waals surface area contributed by atoms with Gasteiger partial charge in [0.25, 0.3) is 0 Å². The summed E-state index contributed by atoms with van der Waals surface area (Å²) in [5, 5.41) is -0.257. The van der Waals surface area contributed by atoms with Crippen LogP contribution in [0.3, 0.4) is 0 Å². The summed E-state index contributed by atoms with van der Waals surface area (Å²) >= 11 is 3.28. The highest BCUT2D eigenvalue weighted by molar-refractivity contribution is 9.09. The summed E-state index contributed by atoms with van der Waals surface area (Å²) in [5.41, 5.74) is 3.02. The van der Waals surface area contributed by atoms with Crippen molar-refractivity contribution in [1.82, 2.24) is 4.98 Å². The van der Waals surface area contributed by atoms with Crippen molar-refractivity contribution in [3.8, 4) is 11.8 Å². The van der Waals surface area contributed by atoms with Crippen LogP contribution in [0.1, 0.15) is 17.0 Å². The molecule has 0 saturated carbocycles. The van der Waals surface area contributed by atoms with Gasteiger partial charge in [-0.25, -0.2) is 4.98 Å². The topological polar surface area (TPSA) is 22.1 Å². The summed E-state index contributed by atoms with van der Waals surface area (Å²) in [6.45, 7) is 0. The minimum absolute atomic E-state index is 0.257. The standard InChI is InChI=1S/C16H14BrNO/c1-19-16(17)11-10-14-8-5-9-15(18-14)12-13-6-3-2-4-7-13/h2-9,16H,12H2,1H3. The quantitative estimate of drug-likeness (QED) is 0.640. The van der Waals surface area contributed by atoms with E-state index in [1.54, 1.807) is 7.11 Å². The van der Waals surface area contributed by atoms with Gasteiger partial charge in [-0.1, -0.05) is 42.3 Å². The predicted molar refractivity (Wildman–Crippen MR) is 80.1 cm³/mol. The maximum absolute atomic E-state index is 5.01. The fraction of sp³-hybridized carbons (Fsp3) is 0.188. The lowest BCUT2D eigenvalue weighted by Crippen LogP contribution is -1.97. The van der Waals surface area contributed by atoms with Crippen LogP contribution in [0.25, 0.3) is 0 Å². The average molecular weight is 316 g/mol. The number of methoxy groups -OCH3 is 1. The number of pyridine rings is 1. The Balaban J connectivity index is 2.13. The summed E-state index contributed by atoms with van der Waals surface area (Å²) in [5.74, 6) is 5.91. The summed E-state index contributed by atoms with van der Waals surface area (Å²) < 4.78 is 5.01. The second kappa shape index (κ2) is 7.08. The molecule has 1 aromatic carbocycles. The van der Waals surface area contributed by atoms with Gasteiger partial charge < -0.3 is 4.74 Å². The van der Waals surface area contributed by atoms with Gasteiger partial charge in [-0.05, 0) is 39.5 Å². The maximum atomic E-state index is 5.01. The molecule has 1 unspecified atom stereocenters. The zero-order valence-electron chi connectivity index (χ0n) is 10.6. The van der Waals surface area contributed by atoms with Crippen molar-refractivity contribution >= 4 is 15.9 Å². The highest BCUT2D eigenvalue weighted by atomic mass is 79.9. The molecule has 1 atom stereocenters. The van der Waals surface area contributed by atoms with Crippen molar-refractivity contribution in [2.24, 2.45) is 0 Å². The predicted octanol–water partition coefficient (Wildman–Crippen LogP) is 3.39. The minimum atomic E-state index is -0.257. The Morgan fingerprint density at radius 2 is 1.95 bits per heavy atom. The van der Waals surface area contributed by atoms with E-state index in [0.29, 0.717) is 0 Å². The lowest BCUT2D eigenvalue weighted by molar-refractivity contribution is 0.219. The number of hydrogen-bond acceptors (Lipinski definition) is 2. The molecule has 0 spiro atoms. The number of hydrogen-bond donors (Lipinski definition) is 0. The molecule has 0 aliphatic carbocycles. The summed E-state index contributed by atoms with van der Waals surface area (Å²) in [6, 6.07) is 16.2. The van der Waals surface area contributed by atoms with Crippen LogP contribution in [0.5, 0.6) is 0 Å². The second-order valence-electron chi connectivity index (χ2n) is 4.00. The molecule has 0 aliphatic rings. The Morgan fingerprint density at radius 1 is 1.16 bits per heavy atom. The van der Waals surface area contributed by atoms with Crippen LogP contribution >= 0.6 is 15.9 Å². The van der Waals surface area contributed by atoms with Crippen molar-refractivity contribution in [2.45, 2.75) is 11.4 Å². The van der Waals surface area contributed by atoms with Crippen LogP contribution in [-0.4, -0.2) is 17.1 Å². The second-order valence-corrected chi connectivity index (χ2v) is 4.83. The zero-order valence-corrected chi connectivity index (χ0v) is 12.2. The van der Waals surface area contributed by atoms with E-state index in [2.05, 4.69) is 44.9 Å². The van der Waals surface area contributed by atoms with Crippen molar-refractivity contribution < 1.29 is 4.74 Å². The molecule has 0 saturated heterocycles. The van der Waals surface area contributed by atoms with Crippen LogP contribution < -0.4 is 0 Å². The number of aromatic nitrogens is 1. The van der Waals surface area contributed by atoms with Gasteiger partial charge in [0, 0.05) is 19.2 Å². The van der Waals surface area contributed by atoms with E-state index in [1.165, 1.54) is 5.56 Å². The summed E-state index contributed by atoms with van der Waals surface area (Å²) in [7, 11) is 1.60. The van der Waals surface area contributed by atoms with Crippen molar-refractivity contribution in [1.29, 1.82) is 0 Å². The minimum Gasteiger partial charge on any atom is -0.358 e. The van der Waals surface area contributed by atoms with E-state index in [9.17, 15) is 0 Å². The van der Waals surface area contributed by atoms with Gasteiger partial charge in [-0.2, -0.15) is 0 Å². The molecule has 1 heterocycles. The molecule has 0 fully saturated rings. The number of ether oxygens (including phenoxy) is 1. The Bertz CT molecular complexity index is 586. The van der Waals surface area contributed by atoms with E-state index in [4.69, 9.17) is 4.74 Å². The third-order valence-electron chi connectivity index (χ3n) is 2.56. The lowest BCUT2D eigenvalue weighted by Gasteiger charge is -2.01. The van der Waals surface area contributed by atoms with Gasteiger partial charge in [0.05, 0.1) is 0 Å². The number of halogens is 1. The highest BCUT2D eigenvalue weighted by Crippen LogP contribution is 2.07. The number of alkyl halides is 1. The fourth-order valence-corrected chi connectivity index (χ4v) is 1.76. The first kappa shape index (κ1) is 13.8. The fourth-order valence-electron chi connectivity index (χ4n) is 1.64. The average Bonchev–Trinajstić information content (AvgIpc) is 2.46. The monoisotopic (exact) mass is 315 g/mol. The molecule has 2 rings (SSSR count). The normalized spacial score (nSPS) is 11.5. The third-order valence-corrected chi connectivity index (χ3v) is 3.16. The van der Waals surface area contributed by atoms with Crippen LogP contribution in [-0.2, 0) is 11.2 Å². The van der Waals surface area contributed by atoms with Gasteiger partial charge in [0.2, 0.25) is 0 Å². The number of benzene rings is 1. The van der Waals surface area contributed by atoms with Crippen molar-refractivity contribution in [2.75, 3.05) is 7.11 Å². The molecule has 2 aromatic rings. The Morgan fingerprint density at radius 3 is 2.68 bits per heavy atom. The van der Waals surface area contributed by atoms with E-state index in [1.807, 2.05) is 36.4 Å². The van der Waals surface area contributed by atoms with Crippen LogP contribution in [0.4, 0.5) is 0 Å². The molecule has 96 valence electrons. The van der Waals surface area contributed by atoms with Gasteiger partial charge in [-0.15, -0.1) is 0 Å². The molecular weight excluding hydrogens is 302 g/mol. The van der Waals surface area contributed by atoms with Gasteiger partial charge in [-0.3, -0.25) is 0 Å². The largest absolute Gasteiger partial charge is 0.358 e. The van der Waals surface area contributed by atoms with Gasteiger partial charge >= 0.3 is 0 Å². The SMILES string of the molecule is COC(Br)C#Cc1cccc(Cc2ccccc2)n1. The molecule has 3 heteroatoms. The lowest BCUT2D eigenvalue weighted by atomic mass is 10.1. The Hall–Kier alpha value is -1.63. The summed E-state index contributed by atoms with van der Waals surface area (Å²) in [4.78, 5) is 4.52. The summed E-state index contributed by atoms with van der Waals surface area (Å²) in [6.07, 6.45) is 0.818. The Labute approximate surface area is 122 Å². The van der Waals surface area contributed by atoms with Crippen molar-refractivity contribution in [3.63, 3.8) is 0 Å². The van der Waals surface area contributed by atoms with Crippen LogP contribution in [0, 0.1) is 11.8 Å². The molecule has 0 N–H and O–H groups in total. The number of rotatable bonds is 3. The molecule has 19 heavy (non-hydrogen) atoms. The zero-order chi connectivity index (χ0) is 13.5. The first-order valence-electron chi connectivity index (χ1n) is 5.96. The number of nitrogens with zero attached hydrogens (tertiary/aromatic N) is 1. The molecule has 0 amide bonds. The van der Waals surface area contributed by atoms with Gasteiger partial charge in [0.15, 0.2) is 5.01 Å². The third kappa shape index (κ3) is 4.51. The first-order valence-corrected chi connectivity index (χ1v) is 6.88. The van der Waals surface area contributed by atoms with E-state index in [0.717, 1.165) is 17.8 Å². The Kier molecular flexibility index (Phi) is 5.14. The van der Waals surface area contributed by atoms with Gasteiger partial charge in [0.1, 0.15) is 5.69 Å². The maximum Gasteiger partial charge on any atom is 0.173 e. The smallest absolute Gasteiger partial charge is 0.173 e. The molecule has 0 bridgehead atoms.